The minimum Gasteiger partial charge on any atom is -0.465 e. The summed E-state index contributed by atoms with van der Waals surface area (Å²) in [6.45, 7) is 1.72. The fourth-order valence-electron chi connectivity index (χ4n) is 1.51. The maximum Gasteiger partial charge on any atom is 0.346 e. The maximum atomic E-state index is 12.0. The molecule has 0 bridgehead atoms. The Hall–Kier alpha value is -1.95. The van der Waals surface area contributed by atoms with Crippen molar-refractivity contribution in [1.82, 2.24) is 5.43 Å². The first kappa shape index (κ1) is 12.5. The van der Waals surface area contributed by atoms with E-state index in [1.165, 1.54) is 12.1 Å². The molecule has 0 saturated heterocycles. The second kappa shape index (κ2) is 5.14. The molecule has 1 N–H and O–H groups in total. The summed E-state index contributed by atoms with van der Waals surface area (Å²) < 4.78 is 4.62. The Labute approximate surface area is 109 Å². The number of rotatable bonds is 2. The van der Waals surface area contributed by atoms with Gasteiger partial charge in [-0.1, -0.05) is 18.2 Å². The molecule has 1 amide bonds. The number of anilines is 1. The van der Waals surface area contributed by atoms with Crippen LogP contribution in [0, 0.1) is 0 Å². The van der Waals surface area contributed by atoms with Crippen LogP contribution >= 0.6 is 11.8 Å². The number of hydrazine groups is 1. The molecule has 1 aliphatic rings. The number of hydrogen-bond acceptors (Lipinski definition) is 5. The summed E-state index contributed by atoms with van der Waals surface area (Å²) in [6.07, 6.45) is 0. The number of benzene rings is 1. The second-order valence-corrected chi connectivity index (χ2v) is 4.56. The summed E-state index contributed by atoms with van der Waals surface area (Å²) in [5, 5.41) is 1.12. The first-order valence-electron chi connectivity index (χ1n) is 5.26. The van der Waals surface area contributed by atoms with Crippen LogP contribution in [0.3, 0.4) is 0 Å². The molecule has 0 radical (unpaired) electrons. The first-order chi connectivity index (χ1) is 8.63. The highest BCUT2D eigenvalue weighted by Crippen LogP contribution is 2.30. The number of methoxy groups -OCH3 is 1. The minimum absolute atomic E-state index is 0.271. The Morgan fingerprint density at radius 2 is 2.00 bits per heavy atom. The van der Waals surface area contributed by atoms with E-state index in [1.807, 2.05) is 30.3 Å². The average Bonchev–Trinajstić information content (AvgIpc) is 2.41. The van der Waals surface area contributed by atoms with E-state index in [2.05, 4.69) is 10.2 Å². The minimum atomic E-state index is -0.508. The summed E-state index contributed by atoms with van der Waals surface area (Å²) >= 11 is 0.860. The van der Waals surface area contributed by atoms with Crippen molar-refractivity contribution in [3.05, 3.63) is 40.9 Å². The van der Waals surface area contributed by atoms with E-state index >= 15 is 0 Å². The Balaban J connectivity index is 2.28. The number of allylic oxidation sites excluding steroid dienone is 1. The molecule has 0 saturated carbocycles. The third-order valence-corrected chi connectivity index (χ3v) is 3.41. The number of esters is 1. The zero-order valence-electron chi connectivity index (χ0n) is 9.97. The quantitative estimate of drug-likeness (QED) is 0.830. The number of amides is 1. The Kier molecular flexibility index (Phi) is 3.57. The molecular weight excluding hydrogens is 252 g/mol. The number of para-hydroxylation sites is 1. The van der Waals surface area contributed by atoms with Crippen LogP contribution in [-0.2, 0) is 9.53 Å². The molecule has 2 rings (SSSR count). The van der Waals surface area contributed by atoms with Crippen molar-refractivity contribution in [2.45, 2.75) is 6.92 Å². The topological polar surface area (TPSA) is 58.6 Å². The molecule has 0 aliphatic carbocycles. The van der Waals surface area contributed by atoms with E-state index in [4.69, 9.17) is 0 Å². The van der Waals surface area contributed by atoms with Crippen LogP contribution in [0.2, 0.25) is 0 Å². The summed E-state index contributed by atoms with van der Waals surface area (Å²) in [5.41, 5.74) is 4.20. The largest absolute Gasteiger partial charge is 0.465 e. The van der Waals surface area contributed by atoms with Gasteiger partial charge in [-0.2, -0.15) is 0 Å². The van der Waals surface area contributed by atoms with E-state index < -0.39 is 5.97 Å². The monoisotopic (exact) mass is 264 g/mol. The third kappa shape index (κ3) is 2.33. The molecule has 6 heteroatoms. The smallest absolute Gasteiger partial charge is 0.346 e. The number of nitrogens with zero attached hydrogens (tertiary/aromatic N) is 1. The normalized spacial score (nSPS) is 15.4. The molecule has 0 spiro atoms. The van der Waals surface area contributed by atoms with E-state index in [0.29, 0.717) is 5.70 Å². The summed E-state index contributed by atoms with van der Waals surface area (Å²) in [7, 11) is 1.29. The van der Waals surface area contributed by atoms with E-state index in [1.54, 1.807) is 6.92 Å². The number of carbonyl (C=O) groups is 2. The molecule has 0 atom stereocenters. The summed E-state index contributed by atoms with van der Waals surface area (Å²) in [6, 6.07) is 9.16. The van der Waals surface area contributed by atoms with Gasteiger partial charge >= 0.3 is 11.2 Å². The number of ether oxygens (including phenoxy) is 1. The average molecular weight is 264 g/mol. The van der Waals surface area contributed by atoms with Gasteiger partial charge in [0.05, 0.1) is 18.5 Å². The van der Waals surface area contributed by atoms with Gasteiger partial charge in [0, 0.05) is 0 Å². The van der Waals surface area contributed by atoms with Crippen molar-refractivity contribution in [3.8, 4) is 0 Å². The highest BCUT2D eigenvalue weighted by atomic mass is 32.2. The van der Waals surface area contributed by atoms with Crippen molar-refractivity contribution in [2.75, 3.05) is 12.1 Å². The standard InChI is InChI=1S/C12H12N2O3S/c1-8-10(11(15)17-2)18-12(16)14(13-8)9-6-4-3-5-7-9/h3-7,13H,1-2H3. The fourth-order valence-corrected chi connectivity index (χ4v) is 2.29. The van der Waals surface area contributed by atoms with Crippen LogP contribution in [0.25, 0.3) is 0 Å². The van der Waals surface area contributed by atoms with Crippen molar-refractivity contribution in [3.63, 3.8) is 0 Å². The van der Waals surface area contributed by atoms with Crippen molar-refractivity contribution in [1.29, 1.82) is 0 Å². The van der Waals surface area contributed by atoms with Crippen LogP contribution in [0.1, 0.15) is 6.92 Å². The van der Waals surface area contributed by atoms with Crippen LogP contribution < -0.4 is 10.4 Å². The lowest BCUT2D eigenvalue weighted by molar-refractivity contribution is -0.135. The molecule has 1 aliphatic heterocycles. The van der Waals surface area contributed by atoms with Gasteiger partial charge < -0.3 is 4.74 Å². The molecule has 5 nitrogen and oxygen atoms in total. The Morgan fingerprint density at radius 3 is 2.61 bits per heavy atom. The van der Waals surface area contributed by atoms with Gasteiger partial charge in [0.25, 0.3) is 0 Å². The van der Waals surface area contributed by atoms with E-state index in [9.17, 15) is 9.59 Å². The third-order valence-electron chi connectivity index (χ3n) is 2.38. The highest BCUT2D eigenvalue weighted by Gasteiger charge is 2.29. The number of carbonyl (C=O) groups excluding carboxylic acids is 2. The molecule has 94 valence electrons. The van der Waals surface area contributed by atoms with Gasteiger partial charge in [-0.25, -0.2) is 9.80 Å². The van der Waals surface area contributed by atoms with Gasteiger partial charge in [-0.15, -0.1) is 0 Å². The predicted molar refractivity (Wildman–Crippen MR) is 69.8 cm³/mol. The highest BCUT2D eigenvalue weighted by molar-refractivity contribution is 8.18. The molecule has 1 aromatic carbocycles. The van der Waals surface area contributed by atoms with Crippen LogP contribution in [-0.4, -0.2) is 18.3 Å². The molecule has 0 unspecified atom stereocenters. The van der Waals surface area contributed by atoms with Crippen LogP contribution in [0.4, 0.5) is 10.5 Å². The Morgan fingerprint density at radius 1 is 1.33 bits per heavy atom. The predicted octanol–water partition coefficient (Wildman–Crippen LogP) is 2.27. The van der Waals surface area contributed by atoms with Gasteiger partial charge in [-0.3, -0.25) is 10.2 Å². The van der Waals surface area contributed by atoms with E-state index in [-0.39, 0.29) is 10.1 Å². The summed E-state index contributed by atoms with van der Waals surface area (Å²) in [4.78, 5) is 23.7. The molecule has 1 heterocycles. The first-order valence-corrected chi connectivity index (χ1v) is 6.08. The zero-order chi connectivity index (χ0) is 13.1. The Bertz CT molecular complexity index is 513. The zero-order valence-corrected chi connectivity index (χ0v) is 10.8. The van der Waals surface area contributed by atoms with Gasteiger partial charge in [0.1, 0.15) is 4.91 Å². The number of hydrogen-bond donors (Lipinski definition) is 1. The molecule has 0 fully saturated rings. The lowest BCUT2D eigenvalue weighted by atomic mass is 10.3. The lowest BCUT2D eigenvalue weighted by Crippen LogP contribution is -2.43. The van der Waals surface area contributed by atoms with Crippen molar-refractivity contribution < 1.29 is 14.3 Å². The van der Waals surface area contributed by atoms with Gasteiger partial charge in [0.2, 0.25) is 0 Å². The summed E-state index contributed by atoms with van der Waals surface area (Å²) in [5.74, 6) is -0.508. The van der Waals surface area contributed by atoms with Gasteiger partial charge in [-0.05, 0) is 30.8 Å². The number of thioether (sulfide) groups is 1. The second-order valence-electron chi connectivity index (χ2n) is 3.60. The van der Waals surface area contributed by atoms with Gasteiger partial charge in [0.15, 0.2) is 0 Å². The van der Waals surface area contributed by atoms with Crippen LogP contribution in [0.5, 0.6) is 0 Å². The fraction of sp³-hybridized carbons (Fsp3) is 0.167. The number of nitrogens with one attached hydrogen (secondary N) is 1. The van der Waals surface area contributed by atoms with Crippen molar-refractivity contribution in [2.24, 2.45) is 0 Å². The van der Waals surface area contributed by atoms with Crippen molar-refractivity contribution >= 4 is 28.7 Å². The van der Waals surface area contributed by atoms with E-state index in [0.717, 1.165) is 17.4 Å². The molecule has 0 aromatic heterocycles. The molecule has 18 heavy (non-hydrogen) atoms. The molecular formula is C12H12N2O3S. The SMILES string of the molecule is COC(=O)C1=C(C)NN(c2ccccc2)C(=O)S1. The molecule has 1 aromatic rings. The van der Waals surface area contributed by atoms with Crippen LogP contribution in [0.15, 0.2) is 40.9 Å². The lowest BCUT2D eigenvalue weighted by Gasteiger charge is -2.29. The maximum absolute atomic E-state index is 12.0.